The third kappa shape index (κ3) is 3.42. The fourth-order valence-corrected chi connectivity index (χ4v) is 6.73. The van der Waals surface area contributed by atoms with E-state index in [2.05, 4.69) is 10.3 Å². The van der Waals surface area contributed by atoms with Crippen LogP contribution in [0.4, 0.5) is 17.1 Å². The van der Waals surface area contributed by atoms with Gasteiger partial charge in [-0.05, 0) is 47.5 Å². The van der Waals surface area contributed by atoms with Gasteiger partial charge in [0.15, 0.2) is 11.6 Å². The average molecular weight is 543 g/mol. The van der Waals surface area contributed by atoms with Gasteiger partial charge in [0.1, 0.15) is 11.5 Å². The van der Waals surface area contributed by atoms with Crippen LogP contribution in [0.25, 0.3) is 6.08 Å². The molecule has 4 atom stereocenters. The number of nitro groups is 1. The summed E-state index contributed by atoms with van der Waals surface area (Å²) in [6.07, 6.45) is 6.85. The molecule has 0 aliphatic carbocycles. The van der Waals surface area contributed by atoms with E-state index in [1.807, 2.05) is 59.5 Å². The van der Waals surface area contributed by atoms with E-state index in [1.165, 1.54) is 36.7 Å². The number of para-hydroxylation sites is 2. The summed E-state index contributed by atoms with van der Waals surface area (Å²) < 4.78 is 0. The molecule has 41 heavy (non-hydrogen) atoms. The number of aromatic nitrogens is 1. The van der Waals surface area contributed by atoms with E-state index in [0.29, 0.717) is 16.8 Å². The van der Waals surface area contributed by atoms with E-state index in [1.54, 1.807) is 18.2 Å². The maximum absolute atomic E-state index is 14.6. The second-order valence-electron chi connectivity index (χ2n) is 10.3. The van der Waals surface area contributed by atoms with E-state index in [-0.39, 0.29) is 22.9 Å². The molecule has 1 N–H and O–H groups in total. The van der Waals surface area contributed by atoms with Gasteiger partial charge in [-0.15, -0.1) is 0 Å². The number of carbonyl (C=O) groups is 3. The first kappa shape index (κ1) is 24.6. The number of rotatable bonds is 5. The highest BCUT2D eigenvalue weighted by Crippen LogP contribution is 2.58. The van der Waals surface area contributed by atoms with Gasteiger partial charge < -0.3 is 10.2 Å². The number of anilines is 2. The molecule has 0 saturated carbocycles. The van der Waals surface area contributed by atoms with E-state index >= 15 is 0 Å². The second kappa shape index (κ2) is 9.06. The van der Waals surface area contributed by atoms with Gasteiger partial charge in [0.05, 0.1) is 16.9 Å². The highest BCUT2D eigenvalue weighted by atomic mass is 16.6. The Morgan fingerprint density at radius 2 is 1.56 bits per heavy atom. The number of fused-ring (bicyclic) bond motifs is 6. The van der Waals surface area contributed by atoms with Crippen LogP contribution in [0.5, 0.6) is 0 Å². The van der Waals surface area contributed by atoms with E-state index in [0.717, 1.165) is 11.3 Å². The number of pyridine rings is 1. The second-order valence-corrected chi connectivity index (χ2v) is 10.3. The van der Waals surface area contributed by atoms with Crippen molar-refractivity contribution in [3.63, 3.8) is 0 Å². The van der Waals surface area contributed by atoms with Gasteiger partial charge in [0.25, 0.3) is 5.69 Å². The van der Waals surface area contributed by atoms with Gasteiger partial charge >= 0.3 is 0 Å². The zero-order chi connectivity index (χ0) is 28.3. The van der Waals surface area contributed by atoms with Crippen molar-refractivity contribution in [2.24, 2.45) is 5.92 Å². The van der Waals surface area contributed by atoms with Crippen molar-refractivity contribution in [2.45, 2.75) is 17.5 Å². The zero-order valence-corrected chi connectivity index (χ0v) is 21.5. The van der Waals surface area contributed by atoms with Crippen LogP contribution in [0.1, 0.15) is 31.8 Å². The Kier molecular flexibility index (Phi) is 5.43. The van der Waals surface area contributed by atoms with E-state index in [4.69, 9.17) is 0 Å². The minimum atomic E-state index is -1.43. The van der Waals surface area contributed by atoms with Crippen LogP contribution in [0.2, 0.25) is 0 Å². The van der Waals surface area contributed by atoms with Crippen LogP contribution in [0.3, 0.4) is 0 Å². The molecule has 9 heteroatoms. The molecule has 4 heterocycles. The number of benzene rings is 3. The molecule has 7 rings (SSSR count). The lowest BCUT2D eigenvalue weighted by atomic mass is 9.64. The summed E-state index contributed by atoms with van der Waals surface area (Å²) in [5.74, 6) is -2.25. The molecular formula is C32H22N4O5. The highest BCUT2D eigenvalue weighted by molar-refractivity contribution is 6.18. The monoisotopic (exact) mass is 542 g/mol. The van der Waals surface area contributed by atoms with Crippen LogP contribution in [-0.4, -0.2) is 39.5 Å². The SMILES string of the molecule is O=C(c1ccc([N+](=O)[O-])cc1)C1C(C(=O)c2ccncc2)C2(C(=O)Nc3ccccc32)C2C=Cc3ccccc3N12. The van der Waals surface area contributed by atoms with Crippen LogP contribution >= 0.6 is 0 Å². The first-order valence-electron chi connectivity index (χ1n) is 13.1. The van der Waals surface area contributed by atoms with E-state index < -0.39 is 34.1 Å². The smallest absolute Gasteiger partial charge is 0.269 e. The minimum Gasteiger partial charge on any atom is -0.352 e. The molecule has 4 unspecified atom stereocenters. The number of ketones is 2. The Labute approximate surface area is 234 Å². The van der Waals surface area contributed by atoms with Gasteiger partial charge in [-0.25, -0.2) is 0 Å². The Bertz CT molecular complexity index is 1790. The van der Waals surface area contributed by atoms with Crippen molar-refractivity contribution in [1.82, 2.24) is 4.98 Å². The van der Waals surface area contributed by atoms with Crippen LogP contribution in [-0.2, 0) is 10.2 Å². The number of amides is 1. The van der Waals surface area contributed by atoms with Crippen molar-refractivity contribution in [3.05, 3.63) is 136 Å². The molecule has 1 spiro atoms. The Morgan fingerprint density at radius 3 is 2.32 bits per heavy atom. The summed E-state index contributed by atoms with van der Waals surface area (Å²) in [7, 11) is 0. The van der Waals surface area contributed by atoms with Gasteiger partial charge in [0.2, 0.25) is 5.91 Å². The molecule has 1 saturated heterocycles. The number of non-ortho nitro benzene ring substituents is 1. The quantitative estimate of drug-likeness (QED) is 0.217. The predicted octanol–water partition coefficient (Wildman–Crippen LogP) is 4.85. The van der Waals surface area contributed by atoms with Crippen molar-refractivity contribution >= 4 is 40.6 Å². The standard InChI is InChI=1S/C32H22N4O5/c37-29(21-15-17-33-18-16-21)27-28(30(38)20-9-12-22(13-10-20)36(40)41)35-25-8-4-1-5-19(25)11-14-26(35)32(27)23-6-2-3-7-24(23)34-31(32)39/h1-18,26-28H,(H,34,39). The number of nitrogens with one attached hydrogen (secondary N) is 1. The van der Waals surface area contributed by atoms with Crippen molar-refractivity contribution in [3.8, 4) is 0 Å². The lowest BCUT2D eigenvalue weighted by Gasteiger charge is -2.37. The molecule has 1 amide bonds. The first-order chi connectivity index (χ1) is 19.9. The lowest BCUT2D eigenvalue weighted by Crippen LogP contribution is -2.51. The largest absolute Gasteiger partial charge is 0.352 e. The molecule has 3 aliphatic heterocycles. The van der Waals surface area contributed by atoms with Gasteiger partial charge in [0, 0.05) is 47.0 Å². The fraction of sp³-hybridized carbons (Fsp3) is 0.125. The molecule has 3 aliphatic rings. The zero-order valence-electron chi connectivity index (χ0n) is 21.5. The summed E-state index contributed by atoms with van der Waals surface area (Å²) in [4.78, 5) is 60.1. The fourth-order valence-electron chi connectivity index (χ4n) is 6.73. The molecule has 3 aromatic carbocycles. The number of hydrogen-bond acceptors (Lipinski definition) is 7. The van der Waals surface area contributed by atoms with Crippen molar-refractivity contribution in [2.75, 3.05) is 10.2 Å². The number of nitro benzene ring substituents is 1. The Morgan fingerprint density at radius 1 is 0.878 bits per heavy atom. The Balaban J connectivity index is 1.51. The molecule has 1 aromatic heterocycles. The Hall–Kier alpha value is -5.44. The van der Waals surface area contributed by atoms with Gasteiger partial charge in [-0.3, -0.25) is 29.5 Å². The summed E-state index contributed by atoms with van der Waals surface area (Å²) in [6.45, 7) is 0. The molecule has 4 aromatic rings. The number of hydrogen-bond donors (Lipinski definition) is 1. The van der Waals surface area contributed by atoms with Gasteiger partial charge in [-0.2, -0.15) is 0 Å². The maximum Gasteiger partial charge on any atom is 0.269 e. The molecular weight excluding hydrogens is 520 g/mol. The van der Waals surface area contributed by atoms with Gasteiger partial charge in [-0.1, -0.05) is 48.6 Å². The van der Waals surface area contributed by atoms with Crippen molar-refractivity contribution in [1.29, 1.82) is 0 Å². The van der Waals surface area contributed by atoms with Crippen LogP contribution in [0, 0.1) is 16.0 Å². The van der Waals surface area contributed by atoms with Crippen LogP contribution < -0.4 is 10.2 Å². The lowest BCUT2D eigenvalue weighted by molar-refractivity contribution is -0.384. The molecule has 0 bridgehead atoms. The third-order valence-electron chi connectivity index (χ3n) is 8.42. The highest BCUT2D eigenvalue weighted by Gasteiger charge is 2.70. The van der Waals surface area contributed by atoms with Crippen LogP contribution in [0.15, 0.2) is 103 Å². The molecule has 9 nitrogen and oxygen atoms in total. The molecule has 0 radical (unpaired) electrons. The topological polar surface area (TPSA) is 123 Å². The summed E-state index contributed by atoms with van der Waals surface area (Å²) in [6, 6.07) is 21.6. The number of Topliss-reactive ketones (excluding diaryl/α,β-unsaturated/α-hetero) is 2. The van der Waals surface area contributed by atoms with E-state index in [9.17, 15) is 24.5 Å². The third-order valence-corrected chi connectivity index (χ3v) is 8.42. The average Bonchev–Trinajstić information content (AvgIpc) is 3.49. The maximum atomic E-state index is 14.6. The summed E-state index contributed by atoms with van der Waals surface area (Å²) >= 11 is 0. The predicted molar refractivity (Wildman–Crippen MR) is 152 cm³/mol. The first-order valence-corrected chi connectivity index (χ1v) is 13.1. The number of carbonyl (C=O) groups excluding carboxylic acids is 3. The number of nitrogens with zero attached hydrogens (tertiary/aromatic N) is 3. The van der Waals surface area contributed by atoms with Crippen molar-refractivity contribution < 1.29 is 19.3 Å². The summed E-state index contributed by atoms with van der Waals surface area (Å²) in [5, 5.41) is 14.3. The molecule has 1 fully saturated rings. The normalized spacial score (nSPS) is 23.5. The summed E-state index contributed by atoms with van der Waals surface area (Å²) in [5.41, 5.74) is 1.79. The molecule has 200 valence electrons. The minimum absolute atomic E-state index is 0.151.